The average molecular weight is 286 g/mol. The van der Waals surface area contributed by atoms with Crippen molar-refractivity contribution in [2.45, 2.75) is 6.10 Å². The fourth-order valence-electron chi connectivity index (χ4n) is 2.87. The van der Waals surface area contributed by atoms with Crippen molar-refractivity contribution in [2.24, 2.45) is 0 Å². The molecule has 2 nitrogen and oxygen atoms in total. The Bertz CT molecular complexity index is 820. The lowest BCUT2D eigenvalue weighted by Crippen LogP contribution is -2.00. The van der Waals surface area contributed by atoms with E-state index >= 15 is 0 Å². The van der Waals surface area contributed by atoms with Crippen LogP contribution < -0.4 is 0 Å². The van der Waals surface area contributed by atoms with Crippen LogP contribution in [-0.2, 0) is 4.74 Å². The van der Waals surface area contributed by atoms with Crippen LogP contribution in [-0.4, -0.2) is 5.97 Å². The molecule has 0 aromatic heterocycles. The number of carbonyl (C=O) groups is 1. The van der Waals surface area contributed by atoms with E-state index in [1.54, 1.807) is 0 Å². The molecule has 3 aromatic rings. The zero-order valence-electron chi connectivity index (χ0n) is 11.9. The van der Waals surface area contributed by atoms with Crippen LogP contribution in [0.25, 0.3) is 11.1 Å². The van der Waals surface area contributed by atoms with Crippen molar-refractivity contribution in [1.29, 1.82) is 0 Å². The Kier molecular flexibility index (Phi) is 3.01. The molecule has 1 heterocycles. The van der Waals surface area contributed by atoms with E-state index in [1.807, 2.05) is 54.6 Å². The molecule has 0 aliphatic carbocycles. The molecule has 0 saturated heterocycles. The number of carbonyl (C=O) groups excluding carboxylic acids is 1. The quantitative estimate of drug-likeness (QED) is 0.643. The molecule has 0 spiro atoms. The van der Waals surface area contributed by atoms with E-state index in [0.29, 0.717) is 5.56 Å². The number of rotatable bonds is 2. The number of ether oxygens (including phenoxy) is 1. The van der Waals surface area contributed by atoms with Crippen molar-refractivity contribution in [2.75, 3.05) is 0 Å². The first-order valence-electron chi connectivity index (χ1n) is 7.28. The second-order valence-electron chi connectivity index (χ2n) is 5.36. The molecule has 0 radical (unpaired) electrons. The number of cyclic esters (lactones) is 1. The highest BCUT2D eigenvalue weighted by molar-refractivity contribution is 5.94. The highest BCUT2D eigenvalue weighted by Crippen LogP contribution is 2.36. The molecule has 0 amide bonds. The number of fused-ring (bicyclic) bond motifs is 1. The number of esters is 1. The zero-order chi connectivity index (χ0) is 14.9. The molecular weight excluding hydrogens is 272 g/mol. The van der Waals surface area contributed by atoms with Crippen molar-refractivity contribution in [3.63, 3.8) is 0 Å². The molecule has 1 atom stereocenters. The van der Waals surface area contributed by atoms with Crippen LogP contribution in [0.3, 0.4) is 0 Å². The molecule has 0 bridgehead atoms. The fraction of sp³-hybridized carbons (Fsp3) is 0.0500. The SMILES string of the molecule is O=C1O[C@@H](c2ccc(-c3ccccc3)cc2)c2ccccc21. The highest BCUT2D eigenvalue weighted by atomic mass is 16.5. The minimum atomic E-state index is -0.298. The van der Waals surface area contributed by atoms with Crippen molar-refractivity contribution in [3.8, 4) is 11.1 Å². The van der Waals surface area contributed by atoms with Gasteiger partial charge in [0.15, 0.2) is 6.10 Å². The van der Waals surface area contributed by atoms with Crippen LogP contribution in [0.1, 0.15) is 27.6 Å². The minimum absolute atomic E-state index is 0.243. The standard InChI is InChI=1S/C20H14O2/c21-20-18-9-5-4-8-17(18)19(22-20)16-12-10-15(11-13-16)14-6-2-1-3-7-14/h1-13,19H/t19-/m0/s1. The molecule has 4 rings (SSSR count). The molecular formula is C20H14O2. The van der Waals surface area contributed by atoms with Crippen LogP contribution >= 0.6 is 0 Å². The van der Waals surface area contributed by atoms with Gasteiger partial charge in [-0.2, -0.15) is 0 Å². The minimum Gasteiger partial charge on any atom is -0.449 e. The van der Waals surface area contributed by atoms with Crippen LogP contribution in [0.2, 0.25) is 0 Å². The maximum absolute atomic E-state index is 11.9. The Morgan fingerprint density at radius 2 is 1.32 bits per heavy atom. The van der Waals surface area contributed by atoms with Gasteiger partial charge in [-0.1, -0.05) is 72.8 Å². The van der Waals surface area contributed by atoms with E-state index in [-0.39, 0.29) is 12.1 Å². The third kappa shape index (κ3) is 2.09. The Labute approximate surface area is 129 Å². The summed E-state index contributed by atoms with van der Waals surface area (Å²) in [5.41, 5.74) is 4.94. The number of hydrogen-bond donors (Lipinski definition) is 0. The van der Waals surface area contributed by atoms with Crippen molar-refractivity contribution in [1.82, 2.24) is 0 Å². The van der Waals surface area contributed by atoms with Gasteiger partial charge >= 0.3 is 5.97 Å². The molecule has 22 heavy (non-hydrogen) atoms. The fourth-order valence-corrected chi connectivity index (χ4v) is 2.87. The molecule has 106 valence electrons. The van der Waals surface area contributed by atoms with Crippen molar-refractivity contribution < 1.29 is 9.53 Å². The summed E-state index contributed by atoms with van der Waals surface area (Å²) >= 11 is 0. The Morgan fingerprint density at radius 1 is 0.682 bits per heavy atom. The van der Waals surface area contributed by atoms with Gasteiger partial charge in [-0.15, -0.1) is 0 Å². The van der Waals surface area contributed by atoms with Crippen LogP contribution in [0.5, 0.6) is 0 Å². The van der Waals surface area contributed by atoms with Gasteiger partial charge in [0.1, 0.15) is 0 Å². The first-order valence-corrected chi connectivity index (χ1v) is 7.28. The van der Waals surface area contributed by atoms with Gasteiger partial charge in [-0.3, -0.25) is 0 Å². The molecule has 0 saturated carbocycles. The van der Waals surface area contributed by atoms with E-state index < -0.39 is 0 Å². The molecule has 1 aliphatic rings. The van der Waals surface area contributed by atoms with Crippen LogP contribution in [0.4, 0.5) is 0 Å². The van der Waals surface area contributed by atoms with Gasteiger partial charge in [0, 0.05) is 5.56 Å². The van der Waals surface area contributed by atoms with Gasteiger partial charge in [0.25, 0.3) is 0 Å². The predicted octanol–water partition coefficient (Wildman–Crippen LogP) is 4.61. The number of benzene rings is 3. The van der Waals surface area contributed by atoms with Crippen molar-refractivity contribution in [3.05, 3.63) is 95.6 Å². The van der Waals surface area contributed by atoms with E-state index in [2.05, 4.69) is 24.3 Å². The van der Waals surface area contributed by atoms with E-state index in [9.17, 15) is 4.79 Å². The highest BCUT2D eigenvalue weighted by Gasteiger charge is 2.31. The third-order valence-corrected chi connectivity index (χ3v) is 4.01. The lowest BCUT2D eigenvalue weighted by molar-refractivity contribution is 0.0456. The van der Waals surface area contributed by atoms with Crippen molar-refractivity contribution >= 4 is 5.97 Å². The smallest absolute Gasteiger partial charge is 0.339 e. The molecule has 3 aromatic carbocycles. The summed E-state index contributed by atoms with van der Waals surface area (Å²) in [6.07, 6.45) is -0.298. The first-order chi connectivity index (χ1) is 10.8. The van der Waals surface area contributed by atoms with Gasteiger partial charge in [0.2, 0.25) is 0 Å². The topological polar surface area (TPSA) is 26.3 Å². The average Bonchev–Trinajstić information content (AvgIpc) is 2.93. The van der Waals surface area contributed by atoms with Gasteiger partial charge in [0.05, 0.1) is 5.56 Å². The van der Waals surface area contributed by atoms with Crippen LogP contribution in [0, 0.1) is 0 Å². The summed E-state index contributed by atoms with van der Waals surface area (Å²) in [4.78, 5) is 11.9. The first kappa shape index (κ1) is 12.8. The Balaban J connectivity index is 1.69. The summed E-state index contributed by atoms with van der Waals surface area (Å²) in [7, 11) is 0. The second kappa shape index (κ2) is 5.15. The largest absolute Gasteiger partial charge is 0.449 e. The lowest BCUT2D eigenvalue weighted by Gasteiger charge is -2.12. The summed E-state index contributed by atoms with van der Waals surface area (Å²) in [5, 5.41) is 0. The summed E-state index contributed by atoms with van der Waals surface area (Å²) in [6.45, 7) is 0. The second-order valence-corrected chi connectivity index (χ2v) is 5.36. The summed E-state index contributed by atoms with van der Waals surface area (Å²) < 4.78 is 5.52. The molecule has 0 fully saturated rings. The molecule has 0 unspecified atom stereocenters. The maximum atomic E-state index is 11.9. The number of hydrogen-bond acceptors (Lipinski definition) is 2. The zero-order valence-corrected chi connectivity index (χ0v) is 11.9. The Hall–Kier alpha value is -2.87. The molecule has 1 aliphatic heterocycles. The van der Waals surface area contributed by atoms with E-state index in [0.717, 1.165) is 16.7 Å². The van der Waals surface area contributed by atoms with Gasteiger partial charge in [-0.25, -0.2) is 4.79 Å². The monoisotopic (exact) mass is 286 g/mol. The van der Waals surface area contributed by atoms with Gasteiger partial charge < -0.3 is 4.74 Å². The predicted molar refractivity (Wildman–Crippen MR) is 85.6 cm³/mol. The van der Waals surface area contributed by atoms with Gasteiger partial charge in [-0.05, 0) is 22.8 Å². The molecule has 2 heteroatoms. The normalized spacial score (nSPS) is 16.2. The van der Waals surface area contributed by atoms with E-state index in [1.165, 1.54) is 5.56 Å². The van der Waals surface area contributed by atoms with E-state index in [4.69, 9.17) is 4.74 Å². The third-order valence-electron chi connectivity index (χ3n) is 4.01. The molecule has 0 N–H and O–H groups in total. The summed E-state index contributed by atoms with van der Waals surface area (Å²) in [6, 6.07) is 26.0. The Morgan fingerprint density at radius 3 is 2.09 bits per heavy atom. The van der Waals surface area contributed by atoms with Crippen LogP contribution in [0.15, 0.2) is 78.9 Å². The summed E-state index contributed by atoms with van der Waals surface area (Å²) in [5.74, 6) is -0.243. The maximum Gasteiger partial charge on any atom is 0.339 e. The lowest BCUT2D eigenvalue weighted by atomic mass is 9.97.